The molecule has 0 spiro atoms. The second-order valence-corrected chi connectivity index (χ2v) is 6.46. The van der Waals surface area contributed by atoms with Crippen molar-refractivity contribution in [3.63, 3.8) is 0 Å². The molecule has 154 valence electrons. The molecule has 0 aliphatic heterocycles. The van der Waals surface area contributed by atoms with Crippen molar-refractivity contribution in [2.75, 3.05) is 13.7 Å². The highest BCUT2D eigenvalue weighted by molar-refractivity contribution is 5.90. The molecule has 2 aromatic rings. The molecule has 0 unspecified atom stereocenters. The molecule has 0 aliphatic carbocycles. The molecule has 1 atom stereocenters. The number of esters is 1. The Labute approximate surface area is 171 Å². The van der Waals surface area contributed by atoms with E-state index >= 15 is 0 Å². The van der Waals surface area contributed by atoms with Gasteiger partial charge in [0.15, 0.2) is 17.6 Å². The number of rotatable bonds is 9. The van der Waals surface area contributed by atoms with Crippen molar-refractivity contribution >= 4 is 18.0 Å². The molecule has 1 N–H and O–H groups in total. The van der Waals surface area contributed by atoms with Crippen molar-refractivity contribution in [3.8, 4) is 11.5 Å². The predicted molar refractivity (Wildman–Crippen MR) is 112 cm³/mol. The minimum Gasteiger partial charge on any atom is -0.493 e. The van der Waals surface area contributed by atoms with Crippen LogP contribution in [0.5, 0.6) is 11.5 Å². The van der Waals surface area contributed by atoms with Gasteiger partial charge in [0.25, 0.3) is 5.91 Å². The van der Waals surface area contributed by atoms with E-state index in [4.69, 9.17) is 14.2 Å². The highest BCUT2D eigenvalue weighted by Gasteiger charge is 2.16. The number of ether oxygens (including phenoxy) is 3. The van der Waals surface area contributed by atoms with Gasteiger partial charge >= 0.3 is 5.97 Å². The Morgan fingerprint density at radius 3 is 2.48 bits per heavy atom. The molecule has 6 heteroatoms. The average molecular weight is 397 g/mol. The van der Waals surface area contributed by atoms with E-state index in [-0.39, 0.29) is 5.91 Å². The van der Waals surface area contributed by atoms with Crippen LogP contribution in [0.15, 0.2) is 48.5 Å². The van der Waals surface area contributed by atoms with E-state index in [1.165, 1.54) is 13.0 Å². The molecular weight excluding hydrogens is 370 g/mol. The maximum Gasteiger partial charge on any atom is 0.331 e. The zero-order valence-corrected chi connectivity index (χ0v) is 17.2. The van der Waals surface area contributed by atoms with Crippen molar-refractivity contribution in [1.29, 1.82) is 0 Å². The molecule has 2 aromatic carbocycles. The molecule has 1 amide bonds. The van der Waals surface area contributed by atoms with E-state index < -0.39 is 12.1 Å². The van der Waals surface area contributed by atoms with Crippen molar-refractivity contribution in [1.82, 2.24) is 5.32 Å². The molecule has 0 fully saturated rings. The highest BCUT2D eigenvalue weighted by Crippen LogP contribution is 2.28. The second-order valence-electron chi connectivity index (χ2n) is 6.46. The third-order valence-electron chi connectivity index (χ3n) is 4.15. The summed E-state index contributed by atoms with van der Waals surface area (Å²) >= 11 is 0. The summed E-state index contributed by atoms with van der Waals surface area (Å²) < 4.78 is 15.9. The van der Waals surface area contributed by atoms with Crippen LogP contribution in [0.4, 0.5) is 0 Å². The van der Waals surface area contributed by atoms with Crippen LogP contribution in [0, 0.1) is 6.92 Å². The molecular formula is C23H27NO5. The normalized spacial score (nSPS) is 11.7. The number of carbonyl (C=O) groups excluding carboxylic acids is 2. The Kier molecular flexibility index (Phi) is 8.27. The first-order valence-corrected chi connectivity index (χ1v) is 9.45. The van der Waals surface area contributed by atoms with Crippen molar-refractivity contribution in [3.05, 3.63) is 65.2 Å². The Balaban J connectivity index is 1.87. The largest absolute Gasteiger partial charge is 0.493 e. The van der Waals surface area contributed by atoms with Gasteiger partial charge in [-0.3, -0.25) is 4.79 Å². The SMILES string of the molecule is CCOc1ccc(/C=C/C(=O)O[C@@H](C)C(=O)NCc2ccc(C)cc2)cc1OC. The lowest BCUT2D eigenvalue weighted by molar-refractivity contribution is -0.150. The van der Waals surface area contributed by atoms with E-state index in [9.17, 15) is 9.59 Å². The molecule has 2 rings (SSSR count). The molecule has 29 heavy (non-hydrogen) atoms. The number of benzene rings is 2. The molecule has 0 radical (unpaired) electrons. The molecule has 6 nitrogen and oxygen atoms in total. The second kappa shape index (κ2) is 10.9. The van der Waals surface area contributed by atoms with Crippen LogP contribution in [0.3, 0.4) is 0 Å². The first-order valence-electron chi connectivity index (χ1n) is 9.45. The first-order chi connectivity index (χ1) is 13.9. The van der Waals surface area contributed by atoms with Crippen LogP contribution in [-0.2, 0) is 20.9 Å². The molecule has 0 aromatic heterocycles. The van der Waals surface area contributed by atoms with Gasteiger partial charge < -0.3 is 19.5 Å². The minimum absolute atomic E-state index is 0.352. The molecule has 0 aliphatic rings. The maximum atomic E-state index is 12.1. The standard InChI is InChI=1S/C23H27NO5/c1-5-28-20-12-10-18(14-21(20)27-4)11-13-22(25)29-17(3)23(26)24-15-19-8-6-16(2)7-9-19/h6-14,17H,5,15H2,1-4H3,(H,24,26)/b13-11+/t17-/m0/s1. The van der Waals surface area contributed by atoms with Crippen LogP contribution in [0.25, 0.3) is 6.08 Å². The Morgan fingerprint density at radius 2 is 1.83 bits per heavy atom. The fourth-order valence-corrected chi connectivity index (χ4v) is 2.53. The third kappa shape index (κ3) is 6.99. The summed E-state index contributed by atoms with van der Waals surface area (Å²) in [6.45, 7) is 6.34. The Hall–Kier alpha value is -3.28. The summed E-state index contributed by atoms with van der Waals surface area (Å²) in [6.07, 6.45) is 1.98. The van der Waals surface area contributed by atoms with E-state index in [2.05, 4.69) is 5.32 Å². The van der Waals surface area contributed by atoms with Gasteiger partial charge in [-0.15, -0.1) is 0 Å². The summed E-state index contributed by atoms with van der Waals surface area (Å²) in [7, 11) is 1.55. The van der Waals surface area contributed by atoms with Gasteiger partial charge in [-0.1, -0.05) is 35.9 Å². The minimum atomic E-state index is -0.896. The molecule has 0 heterocycles. The fourth-order valence-electron chi connectivity index (χ4n) is 2.53. The maximum absolute atomic E-state index is 12.1. The van der Waals surface area contributed by atoms with E-state index in [1.807, 2.05) is 38.1 Å². The lowest BCUT2D eigenvalue weighted by Crippen LogP contribution is -2.35. The molecule has 0 saturated heterocycles. The number of amides is 1. The lowest BCUT2D eigenvalue weighted by Gasteiger charge is -2.12. The summed E-state index contributed by atoms with van der Waals surface area (Å²) in [4.78, 5) is 24.2. The number of aryl methyl sites for hydroxylation is 1. The molecule has 0 saturated carbocycles. The van der Waals surface area contributed by atoms with Gasteiger partial charge in [-0.05, 0) is 50.1 Å². The monoisotopic (exact) mass is 397 g/mol. The van der Waals surface area contributed by atoms with Gasteiger partial charge in [0.05, 0.1) is 13.7 Å². The van der Waals surface area contributed by atoms with Crippen LogP contribution in [0.1, 0.15) is 30.5 Å². The Bertz CT molecular complexity index is 858. The fraction of sp³-hybridized carbons (Fsp3) is 0.304. The van der Waals surface area contributed by atoms with Crippen molar-refractivity contribution in [2.45, 2.75) is 33.4 Å². The van der Waals surface area contributed by atoms with Gasteiger partial charge in [0.1, 0.15) is 0 Å². The summed E-state index contributed by atoms with van der Waals surface area (Å²) in [5, 5.41) is 2.76. The van der Waals surface area contributed by atoms with Crippen molar-refractivity contribution < 1.29 is 23.8 Å². The van der Waals surface area contributed by atoms with E-state index in [1.54, 1.807) is 31.4 Å². The smallest absolute Gasteiger partial charge is 0.331 e. The zero-order chi connectivity index (χ0) is 21.2. The van der Waals surface area contributed by atoms with Crippen LogP contribution in [0.2, 0.25) is 0 Å². The highest BCUT2D eigenvalue weighted by atomic mass is 16.5. The quantitative estimate of drug-likeness (QED) is 0.516. The lowest BCUT2D eigenvalue weighted by atomic mass is 10.1. The number of hydrogen-bond acceptors (Lipinski definition) is 5. The van der Waals surface area contributed by atoms with Gasteiger partial charge in [0.2, 0.25) is 0 Å². The first kappa shape index (κ1) is 22.0. The summed E-state index contributed by atoms with van der Waals surface area (Å²) in [5.41, 5.74) is 2.88. The van der Waals surface area contributed by atoms with Gasteiger partial charge in [0, 0.05) is 12.6 Å². The van der Waals surface area contributed by atoms with Crippen LogP contribution >= 0.6 is 0 Å². The number of carbonyl (C=O) groups is 2. The van der Waals surface area contributed by atoms with Crippen LogP contribution < -0.4 is 14.8 Å². The number of nitrogens with one attached hydrogen (secondary N) is 1. The van der Waals surface area contributed by atoms with Crippen molar-refractivity contribution in [2.24, 2.45) is 0 Å². The Morgan fingerprint density at radius 1 is 1.10 bits per heavy atom. The van der Waals surface area contributed by atoms with Crippen LogP contribution in [-0.4, -0.2) is 31.7 Å². The summed E-state index contributed by atoms with van der Waals surface area (Å²) in [5.74, 6) is 0.255. The average Bonchev–Trinajstić information content (AvgIpc) is 2.72. The third-order valence-corrected chi connectivity index (χ3v) is 4.15. The predicted octanol–water partition coefficient (Wildman–Crippen LogP) is 3.66. The topological polar surface area (TPSA) is 73.9 Å². The van der Waals surface area contributed by atoms with E-state index in [0.29, 0.717) is 24.7 Å². The number of methoxy groups -OCH3 is 1. The molecule has 0 bridgehead atoms. The number of hydrogen-bond donors (Lipinski definition) is 1. The van der Waals surface area contributed by atoms with E-state index in [0.717, 1.165) is 16.7 Å². The van der Waals surface area contributed by atoms with Gasteiger partial charge in [-0.25, -0.2) is 4.79 Å². The van der Waals surface area contributed by atoms with Gasteiger partial charge in [-0.2, -0.15) is 0 Å². The zero-order valence-electron chi connectivity index (χ0n) is 17.2. The summed E-state index contributed by atoms with van der Waals surface area (Å²) in [6, 6.07) is 13.2.